The lowest BCUT2D eigenvalue weighted by Gasteiger charge is -2.07. The van der Waals surface area contributed by atoms with Crippen LogP contribution in [0, 0.1) is 0 Å². The van der Waals surface area contributed by atoms with Crippen molar-refractivity contribution in [2.45, 2.75) is 32.2 Å². The van der Waals surface area contributed by atoms with Gasteiger partial charge in [0.2, 0.25) is 0 Å². The van der Waals surface area contributed by atoms with E-state index in [1.54, 1.807) is 6.20 Å². The van der Waals surface area contributed by atoms with Crippen LogP contribution in [0.3, 0.4) is 0 Å². The summed E-state index contributed by atoms with van der Waals surface area (Å²) in [5, 5.41) is 15.8. The van der Waals surface area contributed by atoms with Crippen molar-refractivity contribution in [3.63, 3.8) is 0 Å². The predicted octanol–water partition coefficient (Wildman–Crippen LogP) is 0.167. The van der Waals surface area contributed by atoms with E-state index in [0.29, 0.717) is 25.3 Å². The zero-order valence-electron chi connectivity index (χ0n) is 10.6. The molecule has 0 amide bonds. The lowest BCUT2D eigenvalue weighted by Crippen LogP contribution is -2.23. The maximum absolute atomic E-state index is 11.7. The summed E-state index contributed by atoms with van der Waals surface area (Å²) in [7, 11) is 0. The summed E-state index contributed by atoms with van der Waals surface area (Å²) in [6.07, 6.45) is 5.36. The van der Waals surface area contributed by atoms with Gasteiger partial charge in [-0.3, -0.25) is 4.79 Å². The van der Waals surface area contributed by atoms with E-state index in [9.17, 15) is 4.79 Å². The zero-order valence-corrected chi connectivity index (χ0v) is 10.6. The third kappa shape index (κ3) is 5.29. The second-order valence-corrected chi connectivity index (χ2v) is 4.16. The molecular weight excluding hydrogens is 232 g/mol. The van der Waals surface area contributed by atoms with Gasteiger partial charge in [-0.25, -0.2) is 4.68 Å². The Hall–Kier alpha value is -1.40. The minimum absolute atomic E-state index is 0.0980. The Morgan fingerprint density at radius 3 is 2.78 bits per heavy atom. The highest BCUT2D eigenvalue weighted by molar-refractivity contribution is 5.38. The molecule has 0 bridgehead atoms. The molecule has 1 rings (SSSR count). The SMILES string of the molecule is NCCNc1cnn(CCCCCCO)c(=O)c1. The van der Waals surface area contributed by atoms with Crippen molar-refractivity contribution in [1.82, 2.24) is 9.78 Å². The fourth-order valence-corrected chi connectivity index (χ4v) is 1.64. The number of rotatable bonds is 9. The van der Waals surface area contributed by atoms with Gasteiger partial charge in [0.15, 0.2) is 0 Å². The monoisotopic (exact) mass is 254 g/mol. The van der Waals surface area contributed by atoms with Crippen LogP contribution in [0.15, 0.2) is 17.1 Å². The van der Waals surface area contributed by atoms with Crippen LogP contribution in [0.4, 0.5) is 5.69 Å². The van der Waals surface area contributed by atoms with Crippen molar-refractivity contribution in [2.24, 2.45) is 5.73 Å². The smallest absolute Gasteiger partial charge is 0.268 e. The molecule has 0 spiro atoms. The molecule has 0 saturated heterocycles. The van der Waals surface area contributed by atoms with Crippen molar-refractivity contribution in [1.29, 1.82) is 0 Å². The number of nitrogens with two attached hydrogens (primary N) is 1. The maximum Gasteiger partial charge on any atom is 0.268 e. The molecule has 0 fully saturated rings. The number of aliphatic hydroxyl groups excluding tert-OH is 1. The Morgan fingerprint density at radius 2 is 2.11 bits per heavy atom. The summed E-state index contributed by atoms with van der Waals surface area (Å²) >= 11 is 0. The van der Waals surface area contributed by atoms with Gasteiger partial charge in [-0.1, -0.05) is 12.8 Å². The summed E-state index contributed by atoms with van der Waals surface area (Å²) < 4.78 is 1.46. The van der Waals surface area contributed by atoms with E-state index in [1.165, 1.54) is 10.7 Å². The summed E-state index contributed by atoms with van der Waals surface area (Å²) in [5.41, 5.74) is 5.98. The van der Waals surface area contributed by atoms with E-state index >= 15 is 0 Å². The molecule has 0 aliphatic heterocycles. The molecule has 0 aromatic carbocycles. The van der Waals surface area contributed by atoms with E-state index in [-0.39, 0.29) is 12.2 Å². The average molecular weight is 254 g/mol. The Bertz CT molecular complexity index is 392. The fourth-order valence-electron chi connectivity index (χ4n) is 1.64. The first kappa shape index (κ1) is 14.7. The molecule has 1 aromatic rings. The van der Waals surface area contributed by atoms with Crippen molar-refractivity contribution >= 4 is 5.69 Å². The molecule has 0 aliphatic carbocycles. The van der Waals surface area contributed by atoms with Gasteiger partial charge in [-0.2, -0.15) is 5.10 Å². The third-order valence-electron chi connectivity index (χ3n) is 2.62. The molecule has 102 valence electrons. The topological polar surface area (TPSA) is 93.2 Å². The number of aliphatic hydroxyl groups is 1. The number of nitrogens with one attached hydrogen (secondary N) is 1. The normalized spacial score (nSPS) is 10.6. The number of nitrogens with zero attached hydrogens (tertiary/aromatic N) is 2. The van der Waals surface area contributed by atoms with Gasteiger partial charge >= 0.3 is 0 Å². The Balaban J connectivity index is 2.40. The first-order chi connectivity index (χ1) is 8.77. The minimum atomic E-state index is -0.0980. The van der Waals surface area contributed by atoms with Gasteiger partial charge in [0.25, 0.3) is 5.56 Å². The molecule has 1 aromatic heterocycles. The summed E-state index contributed by atoms with van der Waals surface area (Å²) in [4.78, 5) is 11.7. The van der Waals surface area contributed by atoms with Gasteiger partial charge in [-0.15, -0.1) is 0 Å². The molecule has 6 heteroatoms. The highest BCUT2D eigenvalue weighted by Gasteiger charge is 1.99. The zero-order chi connectivity index (χ0) is 13.2. The van der Waals surface area contributed by atoms with Gasteiger partial charge < -0.3 is 16.2 Å². The van der Waals surface area contributed by atoms with Crippen LogP contribution in [-0.4, -0.2) is 34.6 Å². The van der Waals surface area contributed by atoms with Crippen LogP contribution in [0.5, 0.6) is 0 Å². The van der Waals surface area contributed by atoms with Gasteiger partial charge in [0, 0.05) is 32.3 Å². The van der Waals surface area contributed by atoms with Gasteiger partial charge in [0.1, 0.15) is 0 Å². The molecule has 0 radical (unpaired) electrons. The number of aromatic nitrogens is 2. The number of anilines is 1. The van der Waals surface area contributed by atoms with Crippen molar-refractivity contribution < 1.29 is 5.11 Å². The quantitative estimate of drug-likeness (QED) is 0.546. The number of unbranched alkanes of at least 4 members (excludes halogenated alkanes) is 3. The first-order valence-electron chi connectivity index (χ1n) is 6.40. The number of hydrogen-bond acceptors (Lipinski definition) is 5. The van der Waals surface area contributed by atoms with Crippen LogP contribution in [-0.2, 0) is 6.54 Å². The molecule has 4 N–H and O–H groups in total. The second kappa shape index (κ2) is 8.66. The van der Waals surface area contributed by atoms with Crippen LogP contribution in [0.1, 0.15) is 25.7 Å². The molecule has 0 aliphatic rings. The van der Waals surface area contributed by atoms with Crippen LogP contribution in [0.2, 0.25) is 0 Å². The van der Waals surface area contributed by atoms with Crippen molar-refractivity contribution in [2.75, 3.05) is 25.0 Å². The molecule has 18 heavy (non-hydrogen) atoms. The standard InChI is InChI=1S/C12H22N4O2/c13-5-6-14-11-9-12(18)16(15-10-11)7-3-1-2-4-8-17/h9-10,14,17H,1-8,13H2. The van der Waals surface area contributed by atoms with E-state index in [0.717, 1.165) is 25.7 Å². The maximum atomic E-state index is 11.7. The molecule has 0 unspecified atom stereocenters. The minimum Gasteiger partial charge on any atom is -0.396 e. The van der Waals surface area contributed by atoms with E-state index in [4.69, 9.17) is 10.8 Å². The van der Waals surface area contributed by atoms with Gasteiger partial charge in [-0.05, 0) is 12.8 Å². The van der Waals surface area contributed by atoms with Crippen molar-refractivity contribution in [3.05, 3.63) is 22.6 Å². The molecule has 0 saturated carbocycles. The van der Waals surface area contributed by atoms with Gasteiger partial charge in [0.05, 0.1) is 11.9 Å². The fraction of sp³-hybridized carbons (Fsp3) is 0.667. The van der Waals surface area contributed by atoms with E-state index in [2.05, 4.69) is 10.4 Å². The Labute approximate surface area is 107 Å². The average Bonchev–Trinajstić information content (AvgIpc) is 2.38. The summed E-state index contributed by atoms with van der Waals surface area (Å²) in [6, 6.07) is 1.54. The Kier molecular flexibility index (Phi) is 7.05. The molecule has 6 nitrogen and oxygen atoms in total. The van der Waals surface area contributed by atoms with Crippen LogP contribution < -0.4 is 16.6 Å². The van der Waals surface area contributed by atoms with Crippen molar-refractivity contribution in [3.8, 4) is 0 Å². The first-order valence-corrected chi connectivity index (χ1v) is 6.40. The number of aryl methyl sites for hydroxylation is 1. The van der Waals surface area contributed by atoms with E-state index in [1.807, 2.05) is 0 Å². The second-order valence-electron chi connectivity index (χ2n) is 4.16. The molecule has 1 heterocycles. The highest BCUT2D eigenvalue weighted by Crippen LogP contribution is 2.02. The molecular formula is C12H22N4O2. The predicted molar refractivity (Wildman–Crippen MR) is 71.6 cm³/mol. The largest absolute Gasteiger partial charge is 0.396 e. The lowest BCUT2D eigenvalue weighted by molar-refractivity contribution is 0.282. The highest BCUT2D eigenvalue weighted by atomic mass is 16.2. The van der Waals surface area contributed by atoms with E-state index < -0.39 is 0 Å². The number of hydrogen-bond donors (Lipinski definition) is 3. The van der Waals surface area contributed by atoms with Crippen LogP contribution in [0.25, 0.3) is 0 Å². The summed E-state index contributed by atoms with van der Waals surface area (Å²) in [6.45, 7) is 2.02. The molecule has 0 atom stereocenters. The van der Waals surface area contributed by atoms with Crippen LogP contribution >= 0.6 is 0 Å². The lowest BCUT2D eigenvalue weighted by atomic mass is 10.2. The summed E-state index contributed by atoms with van der Waals surface area (Å²) in [5.74, 6) is 0. The Morgan fingerprint density at radius 1 is 1.33 bits per heavy atom. The third-order valence-corrected chi connectivity index (χ3v) is 2.62.